The number of aryl methyl sites for hydroxylation is 1. The monoisotopic (exact) mass is 260 g/mol. The number of rotatable bonds is 3. The fraction of sp³-hybridized carbons (Fsp3) is 0.688. The highest BCUT2D eigenvalue weighted by Gasteiger charge is 2.39. The Hall–Kier alpha value is -0.930. The number of aromatic nitrogens is 1. The van der Waals surface area contributed by atoms with E-state index in [0.29, 0.717) is 6.04 Å². The van der Waals surface area contributed by atoms with Gasteiger partial charge in [0.05, 0.1) is 5.60 Å². The number of hydrogen-bond acceptors (Lipinski definition) is 3. The highest BCUT2D eigenvalue weighted by Crippen LogP contribution is 2.39. The summed E-state index contributed by atoms with van der Waals surface area (Å²) in [5.41, 5.74) is 2.85. The summed E-state index contributed by atoms with van der Waals surface area (Å²) >= 11 is 0. The van der Waals surface area contributed by atoms with Crippen LogP contribution in [0.5, 0.6) is 0 Å². The maximum atomic E-state index is 6.08. The second-order valence-corrected chi connectivity index (χ2v) is 6.11. The summed E-state index contributed by atoms with van der Waals surface area (Å²) in [5, 5.41) is 3.72. The summed E-state index contributed by atoms with van der Waals surface area (Å²) < 4.78 is 6.08. The van der Waals surface area contributed by atoms with Crippen LogP contribution in [0.2, 0.25) is 0 Å². The first-order valence-corrected chi connectivity index (χ1v) is 7.54. The second kappa shape index (κ2) is 5.59. The Morgan fingerprint density at radius 2 is 2.26 bits per heavy atom. The minimum absolute atomic E-state index is 0.212. The standard InChI is InChI=1S/C16H24N2O/c1-13-11-17-8-4-14(13)12-18-15-5-9-19-16(10-15)6-2-3-7-16/h4,8,11,15,18H,2-3,5-7,9-10,12H2,1H3. The average molecular weight is 260 g/mol. The Kier molecular flexibility index (Phi) is 3.85. The molecule has 1 spiro atoms. The summed E-state index contributed by atoms with van der Waals surface area (Å²) in [6.45, 7) is 4.01. The molecule has 0 aromatic carbocycles. The molecule has 1 unspecified atom stereocenters. The zero-order chi connectivity index (χ0) is 13.1. The number of nitrogens with zero attached hydrogens (tertiary/aromatic N) is 1. The highest BCUT2D eigenvalue weighted by molar-refractivity contribution is 5.21. The lowest BCUT2D eigenvalue weighted by Crippen LogP contribution is -2.45. The first-order chi connectivity index (χ1) is 9.27. The molecule has 3 rings (SSSR count). The Balaban J connectivity index is 1.57. The average Bonchev–Trinajstić information content (AvgIpc) is 2.86. The van der Waals surface area contributed by atoms with Crippen LogP contribution in [0.3, 0.4) is 0 Å². The third-order valence-corrected chi connectivity index (χ3v) is 4.73. The molecule has 0 radical (unpaired) electrons. The maximum absolute atomic E-state index is 6.08. The van der Waals surface area contributed by atoms with Gasteiger partial charge in [-0.2, -0.15) is 0 Å². The van der Waals surface area contributed by atoms with E-state index >= 15 is 0 Å². The van der Waals surface area contributed by atoms with E-state index in [0.717, 1.165) is 19.6 Å². The molecule has 3 nitrogen and oxygen atoms in total. The van der Waals surface area contributed by atoms with Crippen molar-refractivity contribution in [3.05, 3.63) is 29.6 Å². The molecule has 0 bridgehead atoms. The van der Waals surface area contributed by atoms with Crippen LogP contribution in [0.15, 0.2) is 18.5 Å². The third kappa shape index (κ3) is 2.98. The summed E-state index contributed by atoms with van der Waals surface area (Å²) in [6.07, 6.45) is 11.4. The van der Waals surface area contributed by atoms with Crippen LogP contribution >= 0.6 is 0 Å². The summed E-state index contributed by atoms with van der Waals surface area (Å²) in [5.74, 6) is 0. The molecule has 1 N–H and O–H groups in total. The second-order valence-electron chi connectivity index (χ2n) is 6.11. The van der Waals surface area contributed by atoms with Crippen molar-refractivity contribution in [1.82, 2.24) is 10.3 Å². The molecule has 1 atom stereocenters. The molecule has 104 valence electrons. The minimum Gasteiger partial charge on any atom is -0.375 e. The van der Waals surface area contributed by atoms with E-state index in [2.05, 4.69) is 23.3 Å². The molecule has 1 aromatic heterocycles. The van der Waals surface area contributed by atoms with Gasteiger partial charge >= 0.3 is 0 Å². The SMILES string of the molecule is Cc1cnccc1CNC1CCOC2(CCCC2)C1. The fourth-order valence-corrected chi connectivity index (χ4v) is 3.52. The van der Waals surface area contributed by atoms with Crippen LogP contribution in [0.25, 0.3) is 0 Å². The van der Waals surface area contributed by atoms with Gasteiger partial charge in [0, 0.05) is 31.6 Å². The maximum Gasteiger partial charge on any atom is 0.0697 e. The highest BCUT2D eigenvalue weighted by atomic mass is 16.5. The largest absolute Gasteiger partial charge is 0.375 e. The normalized spacial score (nSPS) is 25.8. The quantitative estimate of drug-likeness (QED) is 0.907. The lowest BCUT2D eigenvalue weighted by Gasteiger charge is -2.38. The molecular formula is C16H24N2O. The molecule has 2 aliphatic rings. The number of pyridine rings is 1. The zero-order valence-electron chi connectivity index (χ0n) is 11.8. The Labute approximate surface area is 115 Å². The van der Waals surface area contributed by atoms with E-state index in [1.165, 1.54) is 43.2 Å². The van der Waals surface area contributed by atoms with Gasteiger partial charge in [-0.25, -0.2) is 0 Å². The minimum atomic E-state index is 0.212. The molecule has 1 aliphatic heterocycles. The van der Waals surface area contributed by atoms with Crippen LogP contribution in [-0.4, -0.2) is 23.2 Å². The molecule has 19 heavy (non-hydrogen) atoms. The van der Waals surface area contributed by atoms with Gasteiger partial charge in [-0.05, 0) is 49.8 Å². The van der Waals surface area contributed by atoms with E-state index in [-0.39, 0.29) is 5.60 Å². The molecule has 1 aromatic rings. The van der Waals surface area contributed by atoms with Gasteiger partial charge in [0.15, 0.2) is 0 Å². The van der Waals surface area contributed by atoms with Gasteiger partial charge in [-0.15, -0.1) is 0 Å². The molecule has 2 heterocycles. The van der Waals surface area contributed by atoms with E-state index in [9.17, 15) is 0 Å². The third-order valence-electron chi connectivity index (χ3n) is 4.73. The first-order valence-electron chi connectivity index (χ1n) is 7.54. The lowest BCUT2D eigenvalue weighted by molar-refractivity contribution is -0.0837. The van der Waals surface area contributed by atoms with Crippen LogP contribution in [-0.2, 0) is 11.3 Å². The molecular weight excluding hydrogens is 236 g/mol. The van der Waals surface area contributed by atoms with Gasteiger partial charge in [0.25, 0.3) is 0 Å². The van der Waals surface area contributed by atoms with Crippen molar-refractivity contribution in [3.8, 4) is 0 Å². The van der Waals surface area contributed by atoms with Crippen molar-refractivity contribution < 1.29 is 4.74 Å². The van der Waals surface area contributed by atoms with Gasteiger partial charge in [0.1, 0.15) is 0 Å². The van der Waals surface area contributed by atoms with E-state index in [1.54, 1.807) is 0 Å². The predicted molar refractivity (Wildman–Crippen MR) is 76.0 cm³/mol. The van der Waals surface area contributed by atoms with E-state index in [4.69, 9.17) is 4.74 Å². The van der Waals surface area contributed by atoms with Crippen molar-refractivity contribution >= 4 is 0 Å². The van der Waals surface area contributed by atoms with Crippen LogP contribution in [0, 0.1) is 6.92 Å². The van der Waals surface area contributed by atoms with Gasteiger partial charge < -0.3 is 10.1 Å². The Morgan fingerprint density at radius 1 is 1.42 bits per heavy atom. The van der Waals surface area contributed by atoms with E-state index < -0.39 is 0 Å². The number of hydrogen-bond donors (Lipinski definition) is 1. The lowest BCUT2D eigenvalue weighted by atomic mass is 9.89. The van der Waals surface area contributed by atoms with Crippen LogP contribution in [0.1, 0.15) is 49.7 Å². The summed E-state index contributed by atoms with van der Waals surface area (Å²) in [7, 11) is 0. The molecule has 2 fully saturated rings. The van der Waals surface area contributed by atoms with Crippen molar-refractivity contribution in [2.45, 2.75) is 63.6 Å². The van der Waals surface area contributed by atoms with Crippen molar-refractivity contribution in [2.75, 3.05) is 6.61 Å². The van der Waals surface area contributed by atoms with Crippen molar-refractivity contribution in [1.29, 1.82) is 0 Å². The molecule has 1 saturated carbocycles. The van der Waals surface area contributed by atoms with Crippen molar-refractivity contribution in [3.63, 3.8) is 0 Å². The van der Waals surface area contributed by atoms with Crippen LogP contribution in [0.4, 0.5) is 0 Å². The fourth-order valence-electron chi connectivity index (χ4n) is 3.52. The summed E-state index contributed by atoms with van der Waals surface area (Å²) in [6, 6.07) is 2.73. The Bertz CT molecular complexity index is 427. The van der Waals surface area contributed by atoms with E-state index in [1.807, 2.05) is 12.4 Å². The summed E-state index contributed by atoms with van der Waals surface area (Å²) in [4.78, 5) is 4.15. The molecule has 1 aliphatic carbocycles. The van der Waals surface area contributed by atoms with Gasteiger partial charge in [-0.3, -0.25) is 4.98 Å². The van der Waals surface area contributed by atoms with Crippen molar-refractivity contribution in [2.24, 2.45) is 0 Å². The molecule has 1 saturated heterocycles. The zero-order valence-corrected chi connectivity index (χ0v) is 11.8. The smallest absolute Gasteiger partial charge is 0.0697 e. The molecule has 0 amide bonds. The van der Waals surface area contributed by atoms with Gasteiger partial charge in [0.2, 0.25) is 0 Å². The number of nitrogens with one attached hydrogen (secondary N) is 1. The Morgan fingerprint density at radius 3 is 3.05 bits per heavy atom. The first kappa shape index (κ1) is 13.1. The predicted octanol–water partition coefficient (Wildman–Crippen LogP) is 2.97. The topological polar surface area (TPSA) is 34.2 Å². The molecule has 3 heteroatoms. The van der Waals surface area contributed by atoms with Gasteiger partial charge in [-0.1, -0.05) is 12.8 Å². The van der Waals surface area contributed by atoms with Crippen LogP contribution < -0.4 is 5.32 Å². The number of ether oxygens (including phenoxy) is 1.